The summed E-state index contributed by atoms with van der Waals surface area (Å²) in [5, 5.41) is 2.95. The van der Waals surface area contributed by atoms with Gasteiger partial charge in [-0.3, -0.25) is 14.4 Å². The second-order valence-electron chi connectivity index (χ2n) is 8.27. The molecule has 1 fully saturated rings. The van der Waals surface area contributed by atoms with Crippen molar-refractivity contribution >= 4 is 17.8 Å². The highest BCUT2D eigenvalue weighted by molar-refractivity contribution is 5.94. The van der Waals surface area contributed by atoms with Crippen molar-refractivity contribution in [3.63, 3.8) is 0 Å². The first kappa shape index (κ1) is 21.9. The molecule has 0 aromatic heterocycles. The summed E-state index contributed by atoms with van der Waals surface area (Å²) in [6.07, 6.45) is 1.67. The molecule has 154 valence electrons. The first-order valence-electron chi connectivity index (χ1n) is 10.1. The third-order valence-electron chi connectivity index (χ3n) is 5.01. The van der Waals surface area contributed by atoms with E-state index in [1.807, 2.05) is 29.2 Å². The van der Waals surface area contributed by atoms with E-state index in [0.717, 1.165) is 12.8 Å². The van der Waals surface area contributed by atoms with Crippen LogP contribution < -0.4 is 5.32 Å². The molecule has 6 nitrogen and oxygen atoms in total. The Labute approximate surface area is 167 Å². The predicted molar refractivity (Wildman–Crippen MR) is 108 cm³/mol. The van der Waals surface area contributed by atoms with E-state index in [9.17, 15) is 14.4 Å². The van der Waals surface area contributed by atoms with Crippen LogP contribution in [0.3, 0.4) is 0 Å². The van der Waals surface area contributed by atoms with Crippen molar-refractivity contribution in [2.75, 3.05) is 19.7 Å². The Kier molecular flexibility index (Phi) is 7.61. The summed E-state index contributed by atoms with van der Waals surface area (Å²) in [5.74, 6) is -0.460. The Morgan fingerprint density at radius 2 is 1.68 bits per heavy atom. The zero-order valence-electron chi connectivity index (χ0n) is 17.4. The van der Waals surface area contributed by atoms with Crippen molar-refractivity contribution in [3.8, 4) is 0 Å². The van der Waals surface area contributed by atoms with Gasteiger partial charge in [-0.2, -0.15) is 0 Å². The Bertz CT molecular complexity index is 683. The molecule has 1 aliphatic rings. The van der Waals surface area contributed by atoms with Gasteiger partial charge in [-0.1, -0.05) is 32.9 Å². The van der Waals surface area contributed by atoms with Crippen molar-refractivity contribution in [2.24, 2.45) is 0 Å². The zero-order chi connectivity index (χ0) is 20.7. The number of amides is 2. The van der Waals surface area contributed by atoms with Crippen molar-refractivity contribution < 1.29 is 19.1 Å². The maximum absolute atomic E-state index is 12.7. The minimum Gasteiger partial charge on any atom is -0.466 e. The largest absolute Gasteiger partial charge is 0.466 e. The maximum atomic E-state index is 12.7. The number of hydrogen-bond donors (Lipinski definition) is 1. The Morgan fingerprint density at radius 3 is 2.21 bits per heavy atom. The number of hydrogen-bond acceptors (Lipinski definition) is 4. The summed E-state index contributed by atoms with van der Waals surface area (Å²) in [4.78, 5) is 37.8. The van der Waals surface area contributed by atoms with Crippen LogP contribution in [0.4, 0.5) is 0 Å². The normalized spacial score (nSPS) is 15.2. The number of nitrogens with zero attached hydrogens (tertiary/aromatic N) is 1. The second kappa shape index (κ2) is 9.71. The summed E-state index contributed by atoms with van der Waals surface area (Å²) in [7, 11) is 0. The van der Waals surface area contributed by atoms with Gasteiger partial charge in [0, 0.05) is 31.1 Å². The van der Waals surface area contributed by atoms with Crippen molar-refractivity contribution in [3.05, 3.63) is 35.4 Å². The SMILES string of the molecule is CCOC(=O)CCC(=O)NC1CCN(C(=O)c2ccc(C(C)(C)C)cc2)CC1. The molecule has 6 heteroatoms. The molecular formula is C22H32N2O4. The third-order valence-corrected chi connectivity index (χ3v) is 5.01. The Hall–Kier alpha value is -2.37. The molecule has 1 N–H and O–H groups in total. The lowest BCUT2D eigenvalue weighted by atomic mass is 9.86. The van der Waals surface area contributed by atoms with E-state index < -0.39 is 0 Å². The summed E-state index contributed by atoms with van der Waals surface area (Å²) in [5.41, 5.74) is 1.96. The van der Waals surface area contributed by atoms with Gasteiger partial charge in [0.2, 0.25) is 5.91 Å². The molecule has 0 spiro atoms. The van der Waals surface area contributed by atoms with Crippen molar-refractivity contribution in [2.45, 2.75) is 64.8 Å². The topological polar surface area (TPSA) is 75.7 Å². The molecule has 1 aliphatic heterocycles. The molecule has 0 aliphatic carbocycles. The molecule has 2 rings (SSSR count). The minimum absolute atomic E-state index is 0.0348. The monoisotopic (exact) mass is 388 g/mol. The smallest absolute Gasteiger partial charge is 0.306 e. The van der Waals surface area contributed by atoms with E-state index in [1.165, 1.54) is 5.56 Å². The van der Waals surface area contributed by atoms with Crippen LogP contribution in [0.15, 0.2) is 24.3 Å². The fourth-order valence-electron chi connectivity index (χ4n) is 3.27. The Morgan fingerprint density at radius 1 is 1.07 bits per heavy atom. The van der Waals surface area contributed by atoms with Crippen LogP contribution in [-0.2, 0) is 19.7 Å². The molecule has 1 aromatic rings. The number of esters is 1. The predicted octanol–water partition coefficient (Wildman–Crippen LogP) is 3.05. The lowest BCUT2D eigenvalue weighted by molar-refractivity contribution is -0.144. The summed E-state index contributed by atoms with van der Waals surface area (Å²) in [6.45, 7) is 9.74. The molecule has 0 radical (unpaired) electrons. The van der Waals surface area contributed by atoms with Crippen LogP contribution in [0, 0.1) is 0 Å². The number of carbonyl (C=O) groups is 3. The highest BCUT2D eigenvalue weighted by Gasteiger charge is 2.25. The molecular weight excluding hydrogens is 356 g/mol. The first-order chi connectivity index (χ1) is 13.2. The average Bonchev–Trinajstić information content (AvgIpc) is 2.66. The summed E-state index contributed by atoms with van der Waals surface area (Å²) in [6, 6.07) is 7.87. The number of piperidine rings is 1. The molecule has 2 amide bonds. The molecule has 1 heterocycles. The standard InChI is InChI=1S/C22H32N2O4/c1-5-28-20(26)11-10-19(25)23-18-12-14-24(15-13-18)21(27)16-6-8-17(9-7-16)22(2,3)4/h6-9,18H,5,10-15H2,1-4H3,(H,23,25). The van der Waals surface area contributed by atoms with Crippen LogP contribution >= 0.6 is 0 Å². The number of ether oxygens (including phenoxy) is 1. The second-order valence-corrected chi connectivity index (χ2v) is 8.27. The highest BCUT2D eigenvalue weighted by Crippen LogP contribution is 2.23. The molecule has 0 bridgehead atoms. The van der Waals surface area contributed by atoms with Crippen molar-refractivity contribution in [1.29, 1.82) is 0 Å². The fourth-order valence-corrected chi connectivity index (χ4v) is 3.27. The maximum Gasteiger partial charge on any atom is 0.306 e. The molecule has 1 aromatic carbocycles. The zero-order valence-corrected chi connectivity index (χ0v) is 17.4. The van der Waals surface area contributed by atoms with E-state index in [0.29, 0.717) is 25.3 Å². The third kappa shape index (κ3) is 6.36. The van der Waals surface area contributed by atoms with Gasteiger partial charge in [0.15, 0.2) is 0 Å². The molecule has 28 heavy (non-hydrogen) atoms. The number of nitrogens with one attached hydrogen (secondary N) is 1. The quantitative estimate of drug-likeness (QED) is 0.760. The van der Waals surface area contributed by atoms with Crippen LogP contribution in [0.25, 0.3) is 0 Å². The van der Waals surface area contributed by atoms with Gasteiger partial charge in [0.1, 0.15) is 0 Å². The van der Waals surface area contributed by atoms with Crippen LogP contribution in [0.5, 0.6) is 0 Å². The average molecular weight is 389 g/mol. The van der Waals surface area contributed by atoms with Crippen LogP contribution in [-0.4, -0.2) is 48.4 Å². The van der Waals surface area contributed by atoms with Crippen molar-refractivity contribution in [1.82, 2.24) is 10.2 Å². The Balaban J connectivity index is 1.79. The van der Waals surface area contributed by atoms with Gasteiger partial charge < -0.3 is 15.0 Å². The molecule has 1 saturated heterocycles. The number of carbonyl (C=O) groups excluding carboxylic acids is 3. The lowest BCUT2D eigenvalue weighted by Crippen LogP contribution is -2.46. The van der Waals surface area contributed by atoms with Gasteiger partial charge in [0.05, 0.1) is 13.0 Å². The van der Waals surface area contributed by atoms with Gasteiger partial charge in [-0.15, -0.1) is 0 Å². The number of likely N-dealkylation sites (tertiary alicyclic amines) is 1. The molecule has 0 atom stereocenters. The first-order valence-corrected chi connectivity index (χ1v) is 10.1. The number of benzene rings is 1. The van der Waals surface area contributed by atoms with E-state index in [2.05, 4.69) is 26.1 Å². The van der Waals surface area contributed by atoms with E-state index >= 15 is 0 Å². The fraction of sp³-hybridized carbons (Fsp3) is 0.591. The van der Waals surface area contributed by atoms with Crippen LogP contribution in [0.1, 0.15) is 69.3 Å². The molecule has 0 saturated carbocycles. The van der Waals surface area contributed by atoms with E-state index in [-0.39, 0.29) is 42.1 Å². The van der Waals surface area contributed by atoms with Gasteiger partial charge >= 0.3 is 5.97 Å². The van der Waals surface area contributed by atoms with Gasteiger partial charge in [-0.05, 0) is 42.9 Å². The van der Waals surface area contributed by atoms with E-state index in [1.54, 1.807) is 6.92 Å². The summed E-state index contributed by atoms with van der Waals surface area (Å²) < 4.78 is 4.83. The van der Waals surface area contributed by atoms with Crippen LogP contribution in [0.2, 0.25) is 0 Å². The number of rotatable bonds is 6. The summed E-state index contributed by atoms with van der Waals surface area (Å²) >= 11 is 0. The van der Waals surface area contributed by atoms with E-state index in [4.69, 9.17) is 4.74 Å². The minimum atomic E-state index is -0.351. The highest BCUT2D eigenvalue weighted by atomic mass is 16.5. The molecule has 0 unspecified atom stereocenters. The van der Waals surface area contributed by atoms with Gasteiger partial charge in [0.25, 0.3) is 5.91 Å². The lowest BCUT2D eigenvalue weighted by Gasteiger charge is -2.32. The van der Waals surface area contributed by atoms with Gasteiger partial charge in [-0.25, -0.2) is 0 Å².